The number of halogens is 1. The van der Waals surface area contributed by atoms with Gasteiger partial charge in [0, 0.05) is 5.69 Å². The van der Waals surface area contributed by atoms with E-state index in [9.17, 15) is 9.59 Å². The Labute approximate surface area is 158 Å². The number of rotatable bonds is 6. The number of aryl methyl sites for hydroxylation is 3. The average molecular weight is 375 g/mol. The van der Waals surface area contributed by atoms with Gasteiger partial charge in [0.1, 0.15) is 5.75 Å². The normalized spacial score (nSPS) is 11.6. The molecule has 0 saturated heterocycles. The van der Waals surface area contributed by atoms with Crippen LogP contribution in [0.5, 0.6) is 5.75 Å². The Hall–Kier alpha value is -2.53. The third-order valence-electron chi connectivity index (χ3n) is 3.87. The van der Waals surface area contributed by atoms with E-state index < -0.39 is 12.0 Å². The Morgan fingerprint density at radius 2 is 1.73 bits per heavy atom. The fraction of sp³-hybridized carbons (Fsp3) is 0.300. The molecule has 2 aromatic carbocycles. The fourth-order valence-electron chi connectivity index (χ4n) is 2.66. The molecular formula is C20H23ClN2O3. The lowest BCUT2D eigenvalue weighted by molar-refractivity contribution is -0.129. The standard InChI is InChI=1S/C20H23ClN2O3/c1-12-9-13(2)19(14(3)10-12)23-18(24)11-22-20(25)15(4)26-17-8-6-5-7-16(17)21/h5-10,15H,11H2,1-4H3,(H,22,25)(H,23,24). The molecule has 138 valence electrons. The second-order valence-corrected chi connectivity index (χ2v) is 6.64. The van der Waals surface area contributed by atoms with Crippen molar-refractivity contribution in [3.63, 3.8) is 0 Å². The van der Waals surface area contributed by atoms with Crippen LogP contribution in [0.1, 0.15) is 23.6 Å². The maximum atomic E-state index is 12.2. The van der Waals surface area contributed by atoms with Gasteiger partial charge in [0.2, 0.25) is 5.91 Å². The third-order valence-corrected chi connectivity index (χ3v) is 4.19. The quantitative estimate of drug-likeness (QED) is 0.808. The summed E-state index contributed by atoms with van der Waals surface area (Å²) in [4.78, 5) is 24.3. The van der Waals surface area contributed by atoms with Gasteiger partial charge in [-0.3, -0.25) is 9.59 Å². The monoisotopic (exact) mass is 374 g/mol. The Bertz CT molecular complexity index is 797. The molecule has 0 aromatic heterocycles. The van der Waals surface area contributed by atoms with Crippen molar-refractivity contribution in [2.75, 3.05) is 11.9 Å². The molecule has 0 bridgehead atoms. The van der Waals surface area contributed by atoms with Crippen molar-refractivity contribution < 1.29 is 14.3 Å². The number of ether oxygens (including phenoxy) is 1. The molecular weight excluding hydrogens is 352 g/mol. The average Bonchev–Trinajstić information content (AvgIpc) is 2.57. The highest BCUT2D eigenvalue weighted by molar-refractivity contribution is 6.32. The number of amides is 2. The van der Waals surface area contributed by atoms with Gasteiger partial charge < -0.3 is 15.4 Å². The molecule has 1 unspecified atom stereocenters. The predicted molar refractivity (Wildman–Crippen MR) is 104 cm³/mol. The molecule has 0 spiro atoms. The van der Waals surface area contributed by atoms with Gasteiger partial charge in [0.15, 0.2) is 6.10 Å². The van der Waals surface area contributed by atoms with E-state index in [1.54, 1.807) is 31.2 Å². The predicted octanol–water partition coefficient (Wildman–Crippen LogP) is 3.79. The van der Waals surface area contributed by atoms with E-state index in [4.69, 9.17) is 16.3 Å². The van der Waals surface area contributed by atoms with Gasteiger partial charge in [0.25, 0.3) is 5.91 Å². The Morgan fingerprint density at radius 3 is 2.35 bits per heavy atom. The number of carbonyl (C=O) groups is 2. The lowest BCUT2D eigenvalue weighted by Gasteiger charge is -2.16. The zero-order valence-corrected chi connectivity index (χ0v) is 16.1. The van der Waals surface area contributed by atoms with Crippen LogP contribution < -0.4 is 15.4 Å². The molecule has 0 aliphatic heterocycles. The molecule has 0 fully saturated rings. The van der Waals surface area contributed by atoms with Crippen molar-refractivity contribution in [1.82, 2.24) is 5.32 Å². The SMILES string of the molecule is Cc1cc(C)c(NC(=O)CNC(=O)C(C)Oc2ccccc2Cl)c(C)c1. The molecule has 26 heavy (non-hydrogen) atoms. The molecule has 6 heteroatoms. The van der Waals surface area contributed by atoms with Crippen molar-refractivity contribution >= 4 is 29.1 Å². The van der Waals surface area contributed by atoms with Crippen LogP contribution in [0.25, 0.3) is 0 Å². The van der Waals surface area contributed by atoms with Gasteiger partial charge in [0.05, 0.1) is 11.6 Å². The summed E-state index contributed by atoms with van der Waals surface area (Å²) >= 11 is 6.01. The van der Waals surface area contributed by atoms with Gasteiger partial charge in [-0.15, -0.1) is 0 Å². The Kier molecular flexibility index (Phi) is 6.64. The highest BCUT2D eigenvalue weighted by atomic mass is 35.5. The van der Waals surface area contributed by atoms with Crippen LogP contribution in [0.4, 0.5) is 5.69 Å². The smallest absolute Gasteiger partial charge is 0.261 e. The Morgan fingerprint density at radius 1 is 1.12 bits per heavy atom. The van der Waals surface area contributed by atoms with E-state index in [-0.39, 0.29) is 12.5 Å². The highest BCUT2D eigenvalue weighted by Gasteiger charge is 2.17. The largest absolute Gasteiger partial charge is 0.479 e. The number of nitrogens with one attached hydrogen (secondary N) is 2. The van der Waals surface area contributed by atoms with Crippen molar-refractivity contribution in [3.8, 4) is 5.75 Å². The summed E-state index contributed by atoms with van der Waals surface area (Å²) in [7, 11) is 0. The molecule has 0 aliphatic rings. The molecule has 2 aromatic rings. The summed E-state index contributed by atoms with van der Waals surface area (Å²) in [6.45, 7) is 7.35. The third kappa shape index (κ3) is 5.23. The number of para-hydroxylation sites is 1. The van der Waals surface area contributed by atoms with Gasteiger partial charge >= 0.3 is 0 Å². The van der Waals surface area contributed by atoms with E-state index in [1.165, 1.54) is 0 Å². The molecule has 2 amide bonds. The summed E-state index contributed by atoms with van der Waals surface area (Å²) in [5.41, 5.74) is 3.88. The van der Waals surface area contributed by atoms with Crippen molar-refractivity contribution in [1.29, 1.82) is 0 Å². The van der Waals surface area contributed by atoms with Gasteiger partial charge in [-0.05, 0) is 51.0 Å². The molecule has 5 nitrogen and oxygen atoms in total. The first-order valence-electron chi connectivity index (χ1n) is 8.34. The van der Waals surface area contributed by atoms with Gasteiger partial charge in [-0.1, -0.05) is 41.4 Å². The summed E-state index contributed by atoms with van der Waals surface area (Å²) in [5.74, 6) is -0.261. The minimum Gasteiger partial charge on any atom is -0.479 e. The summed E-state index contributed by atoms with van der Waals surface area (Å²) in [6.07, 6.45) is -0.773. The van der Waals surface area contributed by atoms with Crippen molar-refractivity contribution in [3.05, 3.63) is 58.1 Å². The molecule has 0 heterocycles. The molecule has 0 radical (unpaired) electrons. The first-order valence-corrected chi connectivity index (χ1v) is 8.72. The van der Waals surface area contributed by atoms with Crippen LogP contribution >= 0.6 is 11.6 Å². The maximum Gasteiger partial charge on any atom is 0.261 e. The lowest BCUT2D eigenvalue weighted by Crippen LogP contribution is -2.40. The van der Waals surface area contributed by atoms with E-state index in [1.807, 2.05) is 32.9 Å². The summed E-state index contributed by atoms with van der Waals surface area (Å²) in [6, 6.07) is 10.9. The lowest BCUT2D eigenvalue weighted by atomic mass is 10.1. The van der Waals surface area contributed by atoms with Crippen LogP contribution in [0.15, 0.2) is 36.4 Å². The number of anilines is 1. The first-order chi connectivity index (χ1) is 12.3. The molecule has 0 saturated carbocycles. The minimum absolute atomic E-state index is 0.137. The van der Waals surface area contributed by atoms with Gasteiger partial charge in [-0.2, -0.15) is 0 Å². The first kappa shape index (κ1) is 19.8. The topological polar surface area (TPSA) is 67.4 Å². The van der Waals surface area contributed by atoms with Crippen molar-refractivity contribution in [2.45, 2.75) is 33.8 Å². The zero-order valence-electron chi connectivity index (χ0n) is 15.4. The maximum absolute atomic E-state index is 12.2. The number of hydrogen-bond acceptors (Lipinski definition) is 3. The second-order valence-electron chi connectivity index (χ2n) is 6.23. The van der Waals surface area contributed by atoms with Crippen molar-refractivity contribution in [2.24, 2.45) is 0 Å². The van der Waals surface area contributed by atoms with E-state index in [2.05, 4.69) is 10.6 Å². The van der Waals surface area contributed by atoms with Gasteiger partial charge in [-0.25, -0.2) is 0 Å². The summed E-state index contributed by atoms with van der Waals surface area (Å²) < 4.78 is 5.53. The molecule has 2 N–H and O–H groups in total. The Balaban J connectivity index is 1.89. The fourth-order valence-corrected chi connectivity index (χ4v) is 2.84. The van der Waals surface area contributed by atoms with Crippen LogP contribution in [-0.2, 0) is 9.59 Å². The minimum atomic E-state index is -0.773. The van der Waals surface area contributed by atoms with Crippen LogP contribution in [-0.4, -0.2) is 24.5 Å². The zero-order chi connectivity index (χ0) is 19.3. The van der Waals surface area contributed by atoms with E-state index in [0.29, 0.717) is 10.8 Å². The highest BCUT2D eigenvalue weighted by Crippen LogP contribution is 2.24. The van der Waals surface area contributed by atoms with Crippen LogP contribution in [0, 0.1) is 20.8 Å². The van der Waals surface area contributed by atoms with Crippen LogP contribution in [0.2, 0.25) is 5.02 Å². The summed E-state index contributed by atoms with van der Waals surface area (Å²) in [5, 5.41) is 5.84. The molecule has 2 rings (SSSR count). The van der Waals surface area contributed by atoms with E-state index in [0.717, 1.165) is 22.4 Å². The number of carbonyl (C=O) groups excluding carboxylic acids is 2. The van der Waals surface area contributed by atoms with E-state index >= 15 is 0 Å². The number of benzene rings is 2. The van der Waals surface area contributed by atoms with Crippen LogP contribution in [0.3, 0.4) is 0 Å². The second kappa shape index (κ2) is 8.72. The molecule has 0 aliphatic carbocycles. The molecule has 1 atom stereocenters. The number of hydrogen-bond donors (Lipinski definition) is 2.